The monoisotopic (exact) mass is 264 g/mol. The summed E-state index contributed by atoms with van der Waals surface area (Å²) in [7, 11) is 0. The second-order valence-corrected chi connectivity index (χ2v) is 6.73. The van der Waals surface area contributed by atoms with Crippen LogP contribution >= 0.6 is 0 Å². The molecule has 1 aromatic rings. The molecule has 1 aliphatic rings. The summed E-state index contributed by atoms with van der Waals surface area (Å²) >= 11 is 0. The molecule has 2 heterocycles. The minimum absolute atomic E-state index is 0.333. The standard InChI is InChI=1S/C16H28N2O/c1-13(2)10-17-11-15-14(6-9-19-15)12-18-8-5-7-16(18,3)4/h6,9,13,17H,5,7-8,10-12H2,1-4H3. The van der Waals surface area contributed by atoms with E-state index in [0.29, 0.717) is 11.5 Å². The Balaban J connectivity index is 1.92. The van der Waals surface area contributed by atoms with Crippen LogP contribution in [0.15, 0.2) is 16.7 Å². The zero-order valence-corrected chi connectivity index (χ0v) is 12.8. The second-order valence-electron chi connectivity index (χ2n) is 6.73. The van der Waals surface area contributed by atoms with Crippen molar-refractivity contribution in [2.24, 2.45) is 5.92 Å². The van der Waals surface area contributed by atoms with Crippen LogP contribution in [0.25, 0.3) is 0 Å². The molecule has 1 aliphatic heterocycles. The number of rotatable bonds is 6. The van der Waals surface area contributed by atoms with Crippen LogP contribution in [0.3, 0.4) is 0 Å². The van der Waals surface area contributed by atoms with Gasteiger partial charge in [0.25, 0.3) is 0 Å². The van der Waals surface area contributed by atoms with Gasteiger partial charge in [0.05, 0.1) is 12.8 Å². The molecule has 3 heteroatoms. The van der Waals surface area contributed by atoms with Crippen molar-refractivity contribution in [3.63, 3.8) is 0 Å². The fourth-order valence-corrected chi connectivity index (χ4v) is 2.80. The molecule has 3 nitrogen and oxygen atoms in total. The highest BCUT2D eigenvalue weighted by molar-refractivity contribution is 5.17. The van der Waals surface area contributed by atoms with Crippen molar-refractivity contribution in [3.8, 4) is 0 Å². The zero-order valence-electron chi connectivity index (χ0n) is 12.8. The number of likely N-dealkylation sites (tertiary alicyclic amines) is 1. The summed E-state index contributed by atoms with van der Waals surface area (Å²) in [5, 5.41) is 3.46. The molecule has 2 rings (SSSR count). The van der Waals surface area contributed by atoms with E-state index in [0.717, 1.165) is 25.4 Å². The highest BCUT2D eigenvalue weighted by atomic mass is 16.3. The molecular weight excluding hydrogens is 236 g/mol. The van der Waals surface area contributed by atoms with Gasteiger partial charge in [-0.3, -0.25) is 4.90 Å². The van der Waals surface area contributed by atoms with Gasteiger partial charge < -0.3 is 9.73 Å². The molecule has 0 amide bonds. The van der Waals surface area contributed by atoms with Gasteiger partial charge in [-0.25, -0.2) is 0 Å². The molecule has 19 heavy (non-hydrogen) atoms. The Morgan fingerprint density at radius 1 is 1.42 bits per heavy atom. The SMILES string of the molecule is CC(C)CNCc1occc1CN1CCCC1(C)C. The molecule has 1 aromatic heterocycles. The van der Waals surface area contributed by atoms with Crippen LogP contribution in [0.1, 0.15) is 51.9 Å². The Morgan fingerprint density at radius 2 is 2.21 bits per heavy atom. The lowest BCUT2D eigenvalue weighted by atomic mass is 10.0. The highest BCUT2D eigenvalue weighted by Gasteiger charge is 2.32. The predicted molar refractivity (Wildman–Crippen MR) is 79.0 cm³/mol. The first-order valence-corrected chi connectivity index (χ1v) is 7.50. The summed E-state index contributed by atoms with van der Waals surface area (Å²) in [6.45, 7) is 13.2. The Bertz CT molecular complexity index is 395. The van der Waals surface area contributed by atoms with Crippen LogP contribution in [0.5, 0.6) is 0 Å². The molecule has 0 spiro atoms. The molecule has 0 bridgehead atoms. The van der Waals surface area contributed by atoms with Crippen LogP contribution in [-0.2, 0) is 13.1 Å². The Hall–Kier alpha value is -0.800. The first-order chi connectivity index (χ1) is 8.99. The summed E-state index contributed by atoms with van der Waals surface area (Å²) in [6.07, 6.45) is 4.43. The number of hydrogen-bond donors (Lipinski definition) is 1. The summed E-state index contributed by atoms with van der Waals surface area (Å²) in [5.41, 5.74) is 1.67. The van der Waals surface area contributed by atoms with Gasteiger partial charge in [0.2, 0.25) is 0 Å². The molecule has 0 aliphatic carbocycles. The number of furan rings is 1. The molecule has 0 saturated carbocycles. The molecule has 0 aromatic carbocycles. The average Bonchev–Trinajstić information content (AvgIpc) is 2.87. The third-order valence-electron chi connectivity index (χ3n) is 4.11. The van der Waals surface area contributed by atoms with Crippen LogP contribution in [-0.4, -0.2) is 23.5 Å². The van der Waals surface area contributed by atoms with E-state index in [4.69, 9.17) is 4.42 Å². The molecule has 0 atom stereocenters. The predicted octanol–water partition coefficient (Wildman–Crippen LogP) is 3.40. The van der Waals surface area contributed by atoms with Crippen LogP contribution < -0.4 is 5.32 Å². The quantitative estimate of drug-likeness (QED) is 0.853. The highest BCUT2D eigenvalue weighted by Crippen LogP contribution is 2.30. The van der Waals surface area contributed by atoms with E-state index in [1.165, 1.54) is 24.9 Å². The van der Waals surface area contributed by atoms with E-state index in [1.807, 2.05) is 6.26 Å². The second kappa shape index (κ2) is 6.10. The van der Waals surface area contributed by atoms with Gasteiger partial charge in [0.15, 0.2) is 0 Å². The molecule has 1 fully saturated rings. The maximum absolute atomic E-state index is 5.64. The summed E-state index contributed by atoms with van der Waals surface area (Å²) in [4.78, 5) is 2.57. The average molecular weight is 264 g/mol. The van der Waals surface area contributed by atoms with Gasteiger partial charge in [-0.1, -0.05) is 13.8 Å². The molecule has 108 valence electrons. The first-order valence-electron chi connectivity index (χ1n) is 7.50. The lowest BCUT2D eigenvalue weighted by Crippen LogP contribution is -2.37. The van der Waals surface area contributed by atoms with Gasteiger partial charge in [0.1, 0.15) is 5.76 Å². The number of nitrogens with zero attached hydrogens (tertiary/aromatic N) is 1. The first kappa shape index (κ1) is 14.6. The van der Waals surface area contributed by atoms with Crippen molar-refractivity contribution in [2.75, 3.05) is 13.1 Å². The molecule has 1 N–H and O–H groups in total. The maximum Gasteiger partial charge on any atom is 0.122 e. The number of hydrogen-bond acceptors (Lipinski definition) is 3. The van der Waals surface area contributed by atoms with E-state index in [-0.39, 0.29) is 0 Å². The smallest absolute Gasteiger partial charge is 0.122 e. The van der Waals surface area contributed by atoms with Gasteiger partial charge in [-0.2, -0.15) is 0 Å². The van der Waals surface area contributed by atoms with Crippen LogP contribution in [0.4, 0.5) is 0 Å². The van der Waals surface area contributed by atoms with Crippen molar-refractivity contribution < 1.29 is 4.42 Å². The van der Waals surface area contributed by atoms with E-state index in [1.54, 1.807) is 0 Å². The summed E-state index contributed by atoms with van der Waals surface area (Å²) in [6, 6.07) is 2.13. The van der Waals surface area contributed by atoms with E-state index < -0.39 is 0 Å². The Kier molecular flexibility index (Phi) is 4.69. The van der Waals surface area contributed by atoms with Crippen LogP contribution in [0, 0.1) is 5.92 Å². The molecule has 1 saturated heterocycles. The van der Waals surface area contributed by atoms with Crippen LogP contribution in [0.2, 0.25) is 0 Å². The summed E-state index contributed by atoms with van der Waals surface area (Å²) < 4.78 is 5.64. The van der Waals surface area contributed by atoms with Gasteiger partial charge in [-0.15, -0.1) is 0 Å². The number of nitrogens with one attached hydrogen (secondary N) is 1. The molecule has 0 unspecified atom stereocenters. The molecule has 0 radical (unpaired) electrons. The normalized spacial score (nSPS) is 19.4. The van der Waals surface area contributed by atoms with Crippen molar-refractivity contribution in [1.82, 2.24) is 10.2 Å². The third-order valence-corrected chi connectivity index (χ3v) is 4.11. The largest absolute Gasteiger partial charge is 0.468 e. The minimum atomic E-state index is 0.333. The summed E-state index contributed by atoms with van der Waals surface area (Å²) in [5.74, 6) is 1.78. The zero-order chi connectivity index (χ0) is 13.9. The Morgan fingerprint density at radius 3 is 2.84 bits per heavy atom. The van der Waals surface area contributed by atoms with E-state index in [2.05, 4.69) is 44.0 Å². The Labute approximate surface area is 117 Å². The van der Waals surface area contributed by atoms with Crippen molar-refractivity contribution in [3.05, 3.63) is 23.7 Å². The third kappa shape index (κ3) is 3.83. The fourth-order valence-electron chi connectivity index (χ4n) is 2.80. The fraction of sp³-hybridized carbons (Fsp3) is 0.750. The van der Waals surface area contributed by atoms with Gasteiger partial charge in [-0.05, 0) is 51.8 Å². The van der Waals surface area contributed by atoms with Crippen molar-refractivity contribution in [2.45, 2.75) is 59.2 Å². The topological polar surface area (TPSA) is 28.4 Å². The van der Waals surface area contributed by atoms with Gasteiger partial charge >= 0.3 is 0 Å². The maximum atomic E-state index is 5.64. The lowest BCUT2D eigenvalue weighted by Gasteiger charge is -2.31. The van der Waals surface area contributed by atoms with Crippen molar-refractivity contribution in [1.29, 1.82) is 0 Å². The lowest BCUT2D eigenvalue weighted by molar-refractivity contribution is 0.165. The van der Waals surface area contributed by atoms with Gasteiger partial charge in [0, 0.05) is 17.6 Å². The molecular formula is C16H28N2O. The van der Waals surface area contributed by atoms with E-state index in [9.17, 15) is 0 Å². The van der Waals surface area contributed by atoms with E-state index >= 15 is 0 Å². The van der Waals surface area contributed by atoms with Crippen molar-refractivity contribution >= 4 is 0 Å². The minimum Gasteiger partial charge on any atom is -0.468 e.